The number of halogens is 2. The van der Waals surface area contributed by atoms with Crippen molar-refractivity contribution in [3.8, 4) is 5.75 Å². The van der Waals surface area contributed by atoms with E-state index in [1.165, 1.54) is 19.2 Å². The summed E-state index contributed by atoms with van der Waals surface area (Å²) >= 11 is 11.7. The normalized spacial score (nSPS) is 10.2. The van der Waals surface area contributed by atoms with Crippen LogP contribution in [0.1, 0.15) is 0 Å². The number of hydrogen-bond acceptors (Lipinski definition) is 9. The fourth-order valence-corrected chi connectivity index (χ4v) is 2.41. The van der Waals surface area contributed by atoms with Gasteiger partial charge in [0.25, 0.3) is 5.91 Å². The van der Waals surface area contributed by atoms with Crippen molar-refractivity contribution < 1.29 is 19.2 Å². The molecule has 0 aliphatic carbocycles. The summed E-state index contributed by atoms with van der Waals surface area (Å²) in [7, 11) is 1.50. The van der Waals surface area contributed by atoms with E-state index < -0.39 is 23.1 Å². The summed E-state index contributed by atoms with van der Waals surface area (Å²) in [6.07, 6.45) is 1.11. The number of carbonyl (C=O) groups excluding carboxylic acids is 1. The maximum atomic E-state index is 11.9. The SMILES string of the molecule is COCCNc1ncnc(NNC(=O)COc2ccc(Cl)cc2Cl)c1[N+](=O)[O-]. The van der Waals surface area contributed by atoms with Crippen LogP contribution in [0.4, 0.5) is 17.3 Å². The number of nitro groups is 1. The van der Waals surface area contributed by atoms with Crippen molar-refractivity contribution in [1.82, 2.24) is 15.4 Å². The Kier molecular flexibility index (Phi) is 7.99. The largest absolute Gasteiger partial charge is 0.482 e. The summed E-state index contributed by atoms with van der Waals surface area (Å²) in [5.74, 6) is -0.567. The molecule has 11 nitrogen and oxygen atoms in total. The molecule has 0 unspecified atom stereocenters. The van der Waals surface area contributed by atoms with Crippen LogP contribution in [0.15, 0.2) is 24.5 Å². The van der Waals surface area contributed by atoms with E-state index in [4.69, 9.17) is 32.7 Å². The van der Waals surface area contributed by atoms with Gasteiger partial charge in [-0.2, -0.15) is 0 Å². The van der Waals surface area contributed by atoms with Crippen LogP contribution in [0.5, 0.6) is 5.75 Å². The first-order chi connectivity index (χ1) is 13.4. The van der Waals surface area contributed by atoms with Crippen molar-refractivity contribution in [2.45, 2.75) is 0 Å². The fraction of sp³-hybridized carbons (Fsp3) is 0.267. The summed E-state index contributed by atoms with van der Waals surface area (Å²) in [6.45, 7) is 0.229. The van der Waals surface area contributed by atoms with Gasteiger partial charge in [0.2, 0.25) is 11.6 Å². The van der Waals surface area contributed by atoms with Gasteiger partial charge in [0.15, 0.2) is 6.61 Å². The van der Waals surface area contributed by atoms with Crippen LogP contribution in [0.25, 0.3) is 0 Å². The Bertz CT molecular complexity index is 854. The van der Waals surface area contributed by atoms with E-state index in [2.05, 4.69) is 26.1 Å². The summed E-state index contributed by atoms with van der Waals surface area (Å²) in [5, 5.41) is 14.8. The molecule has 0 saturated carbocycles. The smallest absolute Gasteiger partial charge is 0.354 e. The molecule has 1 aromatic heterocycles. The average Bonchev–Trinajstić information content (AvgIpc) is 2.65. The molecule has 1 aromatic carbocycles. The third-order valence-electron chi connectivity index (χ3n) is 3.18. The van der Waals surface area contributed by atoms with Gasteiger partial charge in [0.05, 0.1) is 16.6 Å². The van der Waals surface area contributed by atoms with Gasteiger partial charge >= 0.3 is 5.69 Å². The van der Waals surface area contributed by atoms with Gasteiger partial charge in [-0.3, -0.25) is 25.8 Å². The number of nitrogens with one attached hydrogen (secondary N) is 3. The number of anilines is 2. The number of carbonyl (C=O) groups is 1. The molecule has 0 fully saturated rings. The lowest BCUT2D eigenvalue weighted by Crippen LogP contribution is -2.34. The molecule has 0 aliphatic rings. The highest BCUT2D eigenvalue weighted by Crippen LogP contribution is 2.28. The Morgan fingerprint density at radius 1 is 1.29 bits per heavy atom. The highest BCUT2D eigenvalue weighted by atomic mass is 35.5. The highest BCUT2D eigenvalue weighted by molar-refractivity contribution is 6.35. The molecule has 0 radical (unpaired) electrons. The predicted molar refractivity (Wildman–Crippen MR) is 103 cm³/mol. The van der Waals surface area contributed by atoms with Gasteiger partial charge in [-0.15, -0.1) is 0 Å². The second kappa shape index (κ2) is 10.4. The van der Waals surface area contributed by atoms with E-state index >= 15 is 0 Å². The minimum absolute atomic E-state index is 0.0157. The molecule has 3 N–H and O–H groups in total. The van der Waals surface area contributed by atoms with Crippen molar-refractivity contribution >= 4 is 46.4 Å². The van der Waals surface area contributed by atoms with Crippen LogP contribution in [0.2, 0.25) is 10.0 Å². The third-order valence-corrected chi connectivity index (χ3v) is 3.71. The zero-order valence-corrected chi connectivity index (χ0v) is 16.1. The summed E-state index contributed by atoms with van der Waals surface area (Å²) < 4.78 is 10.1. The standard InChI is InChI=1S/C15H16Cl2N6O5/c1-27-5-4-18-14-13(23(25)26)15(20-8-19-14)22-21-12(24)7-28-11-3-2-9(16)6-10(11)17/h2-3,6,8H,4-5,7H2,1H3,(H,21,24)(H2,18,19,20,22). The number of rotatable bonds is 10. The van der Waals surface area contributed by atoms with E-state index in [-0.39, 0.29) is 22.4 Å². The van der Waals surface area contributed by atoms with Crippen molar-refractivity contribution in [3.63, 3.8) is 0 Å². The fourth-order valence-electron chi connectivity index (χ4n) is 1.94. The molecular weight excluding hydrogens is 415 g/mol. The molecular formula is C15H16Cl2N6O5. The number of benzene rings is 1. The first-order valence-electron chi connectivity index (χ1n) is 7.77. The van der Waals surface area contributed by atoms with Gasteiger partial charge < -0.3 is 14.8 Å². The highest BCUT2D eigenvalue weighted by Gasteiger charge is 2.23. The monoisotopic (exact) mass is 430 g/mol. The molecule has 0 bridgehead atoms. The average molecular weight is 431 g/mol. The number of aromatic nitrogens is 2. The van der Waals surface area contributed by atoms with Gasteiger partial charge in [-0.1, -0.05) is 23.2 Å². The van der Waals surface area contributed by atoms with Crippen LogP contribution >= 0.6 is 23.2 Å². The van der Waals surface area contributed by atoms with Gasteiger partial charge in [0.1, 0.15) is 12.1 Å². The summed E-state index contributed by atoms with van der Waals surface area (Å²) in [5.41, 5.74) is 4.22. The second-order valence-electron chi connectivity index (χ2n) is 5.13. The Hall–Kier alpha value is -2.89. The molecule has 28 heavy (non-hydrogen) atoms. The zero-order valence-electron chi connectivity index (χ0n) is 14.6. The van der Waals surface area contributed by atoms with Crippen LogP contribution in [0, 0.1) is 10.1 Å². The van der Waals surface area contributed by atoms with Crippen molar-refractivity contribution in [2.24, 2.45) is 0 Å². The molecule has 0 spiro atoms. The number of ether oxygens (including phenoxy) is 2. The molecule has 150 valence electrons. The Balaban J connectivity index is 1.98. The number of hydrogen-bond donors (Lipinski definition) is 3. The van der Waals surface area contributed by atoms with Gasteiger partial charge in [-0.25, -0.2) is 9.97 Å². The molecule has 13 heteroatoms. The molecule has 2 aromatic rings. The maximum Gasteiger partial charge on any atom is 0.354 e. The van der Waals surface area contributed by atoms with Crippen molar-refractivity contribution in [2.75, 3.05) is 37.6 Å². The number of methoxy groups -OCH3 is 1. The first-order valence-corrected chi connectivity index (χ1v) is 8.53. The van der Waals surface area contributed by atoms with Crippen LogP contribution in [0.3, 0.4) is 0 Å². The lowest BCUT2D eigenvalue weighted by atomic mass is 10.3. The maximum absolute atomic E-state index is 11.9. The minimum atomic E-state index is -0.673. The molecule has 1 heterocycles. The van der Waals surface area contributed by atoms with Crippen LogP contribution in [-0.4, -0.2) is 47.7 Å². The van der Waals surface area contributed by atoms with Crippen molar-refractivity contribution in [1.29, 1.82) is 0 Å². The number of hydrazine groups is 1. The van der Waals surface area contributed by atoms with Gasteiger partial charge in [0, 0.05) is 18.7 Å². The van der Waals surface area contributed by atoms with E-state index in [9.17, 15) is 14.9 Å². The van der Waals surface area contributed by atoms with Crippen LogP contribution in [-0.2, 0) is 9.53 Å². The lowest BCUT2D eigenvalue weighted by Gasteiger charge is -2.11. The molecule has 0 saturated heterocycles. The second-order valence-corrected chi connectivity index (χ2v) is 5.98. The van der Waals surface area contributed by atoms with Crippen LogP contribution < -0.4 is 20.9 Å². The predicted octanol–water partition coefficient (Wildman–Crippen LogP) is 2.27. The molecule has 0 atom stereocenters. The van der Waals surface area contributed by atoms with Crippen molar-refractivity contribution in [3.05, 3.63) is 44.7 Å². The zero-order chi connectivity index (χ0) is 20.5. The summed E-state index contributed by atoms with van der Waals surface area (Å²) in [6, 6.07) is 4.54. The topological polar surface area (TPSA) is 141 Å². The Morgan fingerprint density at radius 3 is 2.71 bits per heavy atom. The third kappa shape index (κ3) is 6.08. The summed E-state index contributed by atoms with van der Waals surface area (Å²) in [4.78, 5) is 30.2. The van der Waals surface area contributed by atoms with Gasteiger partial charge in [-0.05, 0) is 18.2 Å². The van der Waals surface area contributed by atoms with E-state index in [1.54, 1.807) is 6.07 Å². The van der Waals surface area contributed by atoms with E-state index in [0.29, 0.717) is 18.2 Å². The number of nitrogens with zero attached hydrogens (tertiary/aromatic N) is 3. The quantitative estimate of drug-likeness (QED) is 0.294. The lowest BCUT2D eigenvalue weighted by molar-refractivity contribution is -0.383. The molecule has 2 rings (SSSR count). The Morgan fingerprint density at radius 2 is 2.04 bits per heavy atom. The van der Waals surface area contributed by atoms with E-state index in [0.717, 1.165) is 6.33 Å². The van der Waals surface area contributed by atoms with E-state index in [1.807, 2.05) is 0 Å². The first kappa shape index (κ1) is 21.4. The molecule has 1 amide bonds. The molecule has 0 aliphatic heterocycles. The minimum Gasteiger partial charge on any atom is -0.482 e. The number of amides is 1. The Labute approximate surface area is 169 Å².